The van der Waals surface area contributed by atoms with Gasteiger partial charge in [-0.2, -0.15) is 11.8 Å². The Bertz CT molecular complexity index is 291. The molecule has 1 aromatic carbocycles. The summed E-state index contributed by atoms with van der Waals surface area (Å²) in [7, 11) is 0. The van der Waals surface area contributed by atoms with Gasteiger partial charge >= 0.3 is 0 Å². The fourth-order valence-corrected chi connectivity index (χ4v) is 2.23. The minimum Gasteiger partial charge on any atom is -0.313 e. The minimum atomic E-state index is 0.859. The van der Waals surface area contributed by atoms with Crippen LogP contribution in [0.2, 0.25) is 5.02 Å². The van der Waals surface area contributed by atoms with Crippen molar-refractivity contribution in [3.8, 4) is 0 Å². The Balaban J connectivity index is 2.05. The lowest BCUT2D eigenvalue weighted by Crippen LogP contribution is -2.14. The Kier molecular flexibility index (Phi) is 7.73. The van der Waals surface area contributed by atoms with Gasteiger partial charge in [-0.3, -0.25) is 0 Å². The van der Waals surface area contributed by atoms with Crippen LogP contribution >= 0.6 is 23.4 Å². The lowest BCUT2D eigenvalue weighted by atomic mass is 10.2. The second-order valence-electron chi connectivity index (χ2n) is 3.82. The fraction of sp³-hybridized carbons (Fsp3) is 0.538. The molecule has 3 heteroatoms. The number of hydrogen-bond acceptors (Lipinski definition) is 2. The summed E-state index contributed by atoms with van der Waals surface area (Å²) < 4.78 is 0. The molecule has 0 saturated carbocycles. The quantitative estimate of drug-likeness (QED) is 0.708. The van der Waals surface area contributed by atoms with Gasteiger partial charge in [0.15, 0.2) is 0 Å². The molecule has 90 valence electrons. The third-order valence-electron chi connectivity index (χ3n) is 2.48. The zero-order valence-corrected chi connectivity index (χ0v) is 11.4. The lowest BCUT2D eigenvalue weighted by molar-refractivity contribution is 0.619. The zero-order chi connectivity index (χ0) is 11.6. The highest BCUT2D eigenvalue weighted by Gasteiger charge is 1.97. The van der Waals surface area contributed by atoms with Crippen molar-refractivity contribution in [3.63, 3.8) is 0 Å². The topological polar surface area (TPSA) is 12.0 Å². The van der Waals surface area contributed by atoms with E-state index in [-0.39, 0.29) is 0 Å². The van der Waals surface area contributed by atoms with Crippen LogP contribution in [0.3, 0.4) is 0 Å². The fourth-order valence-electron chi connectivity index (χ4n) is 1.54. The Morgan fingerprint density at radius 2 is 2.00 bits per heavy atom. The Labute approximate surface area is 108 Å². The average Bonchev–Trinajstić information content (AvgIpc) is 2.30. The van der Waals surface area contributed by atoms with Gasteiger partial charge in [0, 0.05) is 11.6 Å². The summed E-state index contributed by atoms with van der Waals surface area (Å²) in [5.74, 6) is 1.28. The van der Waals surface area contributed by atoms with Crippen LogP contribution in [0.4, 0.5) is 0 Å². The Morgan fingerprint density at radius 3 is 2.75 bits per heavy atom. The van der Waals surface area contributed by atoms with Crippen LogP contribution in [0.15, 0.2) is 24.3 Å². The molecular weight excluding hydrogens is 238 g/mol. The first-order valence-corrected chi connectivity index (χ1v) is 7.55. The van der Waals surface area contributed by atoms with Crippen molar-refractivity contribution >= 4 is 23.4 Å². The minimum absolute atomic E-state index is 0.859. The van der Waals surface area contributed by atoms with Crippen LogP contribution in [-0.2, 0) is 6.54 Å². The summed E-state index contributed by atoms with van der Waals surface area (Å²) in [6.45, 7) is 1.96. The highest BCUT2D eigenvalue weighted by atomic mass is 35.5. The van der Waals surface area contributed by atoms with E-state index in [0.29, 0.717) is 0 Å². The van der Waals surface area contributed by atoms with Crippen molar-refractivity contribution in [2.24, 2.45) is 0 Å². The second-order valence-corrected chi connectivity index (χ2v) is 5.21. The molecule has 0 aliphatic rings. The highest BCUT2D eigenvalue weighted by Crippen LogP contribution is 2.14. The van der Waals surface area contributed by atoms with Gasteiger partial charge in [0.25, 0.3) is 0 Å². The predicted octanol–water partition coefficient (Wildman–Crippen LogP) is 3.96. The van der Waals surface area contributed by atoms with E-state index in [1.165, 1.54) is 30.6 Å². The van der Waals surface area contributed by atoms with Crippen LogP contribution in [0.25, 0.3) is 0 Å². The number of hydrogen-bond donors (Lipinski definition) is 1. The van der Waals surface area contributed by atoms with E-state index < -0.39 is 0 Å². The standard InChI is InChI=1S/C13H20ClNS/c1-16-10-6-2-5-9-15-11-12-7-3-4-8-13(12)14/h3-4,7-8,15H,2,5-6,9-11H2,1H3. The van der Waals surface area contributed by atoms with Crippen LogP contribution < -0.4 is 5.32 Å². The molecule has 16 heavy (non-hydrogen) atoms. The maximum Gasteiger partial charge on any atom is 0.0450 e. The molecule has 0 aromatic heterocycles. The molecule has 1 N–H and O–H groups in total. The zero-order valence-electron chi connectivity index (χ0n) is 9.84. The molecule has 0 radical (unpaired) electrons. The van der Waals surface area contributed by atoms with Crippen molar-refractivity contribution in [3.05, 3.63) is 34.9 Å². The summed E-state index contributed by atoms with van der Waals surface area (Å²) in [4.78, 5) is 0. The Morgan fingerprint density at radius 1 is 1.19 bits per heavy atom. The van der Waals surface area contributed by atoms with Crippen LogP contribution in [-0.4, -0.2) is 18.6 Å². The monoisotopic (exact) mass is 257 g/mol. The number of unbranched alkanes of at least 4 members (excludes halogenated alkanes) is 2. The molecule has 0 heterocycles. The molecule has 1 nitrogen and oxygen atoms in total. The molecule has 0 aliphatic heterocycles. The second kappa shape index (κ2) is 8.91. The molecular formula is C13H20ClNS. The third kappa shape index (κ3) is 5.78. The van der Waals surface area contributed by atoms with Crippen LogP contribution in [0.1, 0.15) is 24.8 Å². The maximum absolute atomic E-state index is 6.06. The summed E-state index contributed by atoms with van der Waals surface area (Å²) in [5, 5.41) is 4.29. The number of thioether (sulfide) groups is 1. The summed E-state index contributed by atoms with van der Waals surface area (Å²) in [6, 6.07) is 8.01. The Hall–Kier alpha value is -0.180. The molecule has 0 fully saturated rings. The number of benzene rings is 1. The van der Waals surface area contributed by atoms with Crippen molar-refractivity contribution < 1.29 is 0 Å². The van der Waals surface area contributed by atoms with Gasteiger partial charge in [0.05, 0.1) is 0 Å². The molecule has 0 spiro atoms. The first kappa shape index (κ1) is 13.9. The maximum atomic E-state index is 6.06. The van der Waals surface area contributed by atoms with Gasteiger partial charge in [-0.05, 0) is 43.0 Å². The summed E-state index contributed by atoms with van der Waals surface area (Å²) in [5.41, 5.74) is 1.19. The van der Waals surface area contributed by atoms with E-state index in [1.807, 2.05) is 30.0 Å². The van der Waals surface area contributed by atoms with Crippen LogP contribution in [0, 0.1) is 0 Å². The number of halogens is 1. The number of rotatable bonds is 8. The normalized spacial score (nSPS) is 10.6. The van der Waals surface area contributed by atoms with E-state index in [1.54, 1.807) is 0 Å². The smallest absolute Gasteiger partial charge is 0.0450 e. The molecule has 0 atom stereocenters. The first-order chi connectivity index (χ1) is 7.84. The molecule has 0 saturated heterocycles. The van der Waals surface area contributed by atoms with Gasteiger partial charge in [0.1, 0.15) is 0 Å². The van der Waals surface area contributed by atoms with Gasteiger partial charge in [-0.1, -0.05) is 36.2 Å². The van der Waals surface area contributed by atoms with Gasteiger partial charge in [-0.25, -0.2) is 0 Å². The summed E-state index contributed by atoms with van der Waals surface area (Å²) >= 11 is 7.99. The molecule has 1 aromatic rings. The summed E-state index contributed by atoms with van der Waals surface area (Å²) in [6.07, 6.45) is 6.06. The predicted molar refractivity (Wildman–Crippen MR) is 75.4 cm³/mol. The highest BCUT2D eigenvalue weighted by molar-refractivity contribution is 7.98. The van der Waals surface area contributed by atoms with Gasteiger partial charge < -0.3 is 5.32 Å². The molecule has 0 aliphatic carbocycles. The molecule has 0 amide bonds. The van der Waals surface area contributed by atoms with Crippen molar-refractivity contribution in [2.75, 3.05) is 18.6 Å². The average molecular weight is 258 g/mol. The lowest BCUT2D eigenvalue weighted by Gasteiger charge is -2.06. The van der Waals surface area contributed by atoms with E-state index >= 15 is 0 Å². The molecule has 0 unspecified atom stereocenters. The van der Waals surface area contributed by atoms with E-state index in [0.717, 1.165) is 18.1 Å². The van der Waals surface area contributed by atoms with Gasteiger partial charge in [-0.15, -0.1) is 0 Å². The SMILES string of the molecule is CSCCCCCNCc1ccccc1Cl. The van der Waals surface area contributed by atoms with E-state index in [4.69, 9.17) is 11.6 Å². The van der Waals surface area contributed by atoms with E-state index in [2.05, 4.69) is 17.6 Å². The van der Waals surface area contributed by atoms with E-state index in [9.17, 15) is 0 Å². The molecule has 1 rings (SSSR count). The van der Waals surface area contributed by atoms with Crippen LogP contribution in [0.5, 0.6) is 0 Å². The third-order valence-corrected chi connectivity index (χ3v) is 3.54. The van der Waals surface area contributed by atoms with Crippen molar-refractivity contribution in [1.82, 2.24) is 5.32 Å². The first-order valence-electron chi connectivity index (χ1n) is 5.77. The van der Waals surface area contributed by atoms with Crippen molar-refractivity contribution in [1.29, 1.82) is 0 Å². The molecule has 0 bridgehead atoms. The van der Waals surface area contributed by atoms with Crippen molar-refractivity contribution in [2.45, 2.75) is 25.8 Å². The number of nitrogens with one attached hydrogen (secondary N) is 1. The largest absolute Gasteiger partial charge is 0.313 e. The van der Waals surface area contributed by atoms with Gasteiger partial charge in [0.2, 0.25) is 0 Å².